The van der Waals surface area contributed by atoms with Crippen LogP contribution in [0.15, 0.2) is 91.0 Å². The molecule has 0 heterocycles. The Bertz CT molecular complexity index is 1000. The van der Waals surface area contributed by atoms with Crippen LogP contribution in [0, 0.1) is 5.82 Å². The zero-order valence-corrected chi connectivity index (χ0v) is 17.1. The summed E-state index contributed by atoms with van der Waals surface area (Å²) in [5, 5.41) is 0. The highest BCUT2D eigenvalue weighted by atomic mass is 19.1. The minimum absolute atomic E-state index is 0.261. The van der Waals surface area contributed by atoms with Crippen molar-refractivity contribution in [1.29, 1.82) is 0 Å². The van der Waals surface area contributed by atoms with E-state index in [4.69, 9.17) is 4.74 Å². The highest BCUT2D eigenvalue weighted by Gasteiger charge is 2.16. The molecule has 158 valence electrons. The topological polar surface area (TPSA) is 46.6 Å². The van der Waals surface area contributed by atoms with E-state index in [0.717, 1.165) is 11.1 Å². The van der Waals surface area contributed by atoms with Crippen LogP contribution >= 0.6 is 0 Å². The molecule has 3 rings (SSSR count). The largest absolute Gasteiger partial charge is 0.452 e. The van der Waals surface area contributed by atoms with Crippen LogP contribution in [0.25, 0.3) is 6.08 Å². The van der Waals surface area contributed by atoms with Crippen molar-refractivity contribution in [2.45, 2.75) is 13.0 Å². The Morgan fingerprint density at radius 3 is 2.10 bits per heavy atom. The summed E-state index contributed by atoms with van der Waals surface area (Å²) in [5.41, 5.74) is 2.80. The lowest BCUT2D eigenvalue weighted by Crippen LogP contribution is -2.35. The number of nitrogens with zero attached hydrogens (tertiary/aromatic N) is 1. The smallest absolute Gasteiger partial charge is 0.331 e. The standard InChI is InChI=1S/C26H24FNO3/c27-24-14-11-22(12-15-24)13-16-26(30)31-20-25(29)28(19-23-9-5-2-6-10-23)18-17-21-7-3-1-4-8-21/h1-16H,17-20H2/b16-13+. The Hall–Kier alpha value is -3.73. The Kier molecular flexibility index (Phi) is 8.12. The minimum Gasteiger partial charge on any atom is -0.452 e. The van der Waals surface area contributed by atoms with Crippen LogP contribution in [0.2, 0.25) is 0 Å². The minimum atomic E-state index is -0.625. The van der Waals surface area contributed by atoms with Gasteiger partial charge in [-0.05, 0) is 41.3 Å². The van der Waals surface area contributed by atoms with Gasteiger partial charge < -0.3 is 9.64 Å². The summed E-state index contributed by atoms with van der Waals surface area (Å²) in [6.45, 7) is 0.615. The van der Waals surface area contributed by atoms with Crippen LogP contribution < -0.4 is 0 Å². The fraction of sp³-hybridized carbons (Fsp3) is 0.154. The number of ether oxygens (including phenoxy) is 1. The third-order valence-electron chi connectivity index (χ3n) is 4.70. The molecule has 0 aromatic heterocycles. The summed E-state index contributed by atoms with van der Waals surface area (Å²) >= 11 is 0. The lowest BCUT2D eigenvalue weighted by Gasteiger charge is -2.23. The number of hydrogen-bond donors (Lipinski definition) is 0. The predicted molar refractivity (Wildman–Crippen MR) is 118 cm³/mol. The van der Waals surface area contributed by atoms with E-state index in [1.165, 1.54) is 24.3 Å². The van der Waals surface area contributed by atoms with Crippen molar-refractivity contribution in [3.05, 3.63) is 114 Å². The molecule has 0 spiro atoms. The molecule has 0 saturated heterocycles. The molecular formula is C26H24FNO3. The first-order valence-corrected chi connectivity index (χ1v) is 10.1. The van der Waals surface area contributed by atoms with E-state index in [9.17, 15) is 14.0 Å². The highest BCUT2D eigenvalue weighted by Crippen LogP contribution is 2.09. The molecule has 0 radical (unpaired) electrons. The molecule has 5 heteroatoms. The van der Waals surface area contributed by atoms with Crippen LogP contribution in [0.5, 0.6) is 0 Å². The summed E-state index contributed by atoms with van der Waals surface area (Å²) in [5.74, 6) is -1.23. The molecule has 3 aromatic carbocycles. The molecule has 0 saturated carbocycles. The van der Waals surface area contributed by atoms with E-state index in [1.54, 1.807) is 17.0 Å². The molecule has 31 heavy (non-hydrogen) atoms. The van der Waals surface area contributed by atoms with Crippen molar-refractivity contribution < 1.29 is 18.7 Å². The first kappa shape index (κ1) is 22.0. The number of halogens is 1. The van der Waals surface area contributed by atoms with Gasteiger partial charge in [0.1, 0.15) is 5.82 Å². The molecule has 0 aliphatic rings. The number of carbonyl (C=O) groups excluding carboxylic acids is 2. The van der Waals surface area contributed by atoms with Crippen molar-refractivity contribution in [3.8, 4) is 0 Å². The number of carbonyl (C=O) groups is 2. The normalized spacial score (nSPS) is 10.7. The molecule has 0 atom stereocenters. The van der Waals surface area contributed by atoms with Gasteiger partial charge >= 0.3 is 5.97 Å². The lowest BCUT2D eigenvalue weighted by molar-refractivity contribution is -0.148. The van der Waals surface area contributed by atoms with Crippen LogP contribution in [0.1, 0.15) is 16.7 Å². The van der Waals surface area contributed by atoms with Gasteiger partial charge in [0.15, 0.2) is 6.61 Å². The van der Waals surface area contributed by atoms with Crippen molar-refractivity contribution in [2.75, 3.05) is 13.2 Å². The van der Waals surface area contributed by atoms with Crippen molar-refractivity contribution in [3.63, 3.8) is 0 Å². The maximum Gasteiger partial charge on any atom is 0.331 e. The molecular weight excluding hydrogens is 393 g/mol. The van der Waals surface area contributed by atoms with Gasteiger partial charge in [0, 0.05) is 19.2 Å². The van der Waals surface area contributed by atoms with Crippen molar-refractivity contribution in [1.82, 2.24) is 4.90 Å². The Morgan fingerprint density at radius 2 is 1.45 bits per heavy atom. The molecule has 0 fully saturated rings. The van der Waals surface area contributed by atoms with Gasteiger partial charge in [0.2, 0.25) is 0 Å². The lowest BCUT2D eigenvalue weighted by atomic mass is 10.1. The molecule has 0 aliphatic carbocycles. The van der Waals surface area contributed by atoms with E-state index < -0.39 is 5.97 Å². The third kappa shape index (κ3) is 7.55. The quantitative estimate of drug-likeness (QED) is 0.376. The van der Waals surface area contributed by atoms with E-state index in [2.05, 4.69) is 0 Å². The molecule has 0 bridgehead atoms. The van der Waals surface area contributed by atoms with Gasteiger partial charge in [-0.15, -0.1) is 0 Å². The number of benzene rings is 3. The maximum absolute atomic E-state index is 12.9. The van der Waals surface area contributed by atoms with Gasteiger partial charge in [-0.2, -0.15) is 0 Å². The predicted octanol–water partition coefficient (Wildman–Crippen LogP) is 4.65. The first-order chi connectivity index (χ1) is 15.1. The van der Waals surface area contributed by atoms with Crippen molar-refractivity contribution >= 4 is 18.0 Å². The maximum atomic E-state index is 12.9. The molecule has 1 amide bonds. The zero-order chi connectivity index (χ0) is 21.9. The molecule has 4 nitrogen and oxygen atoms in total. The highest BCUT2D eigenvalue weighted by molar-refractivity contribution is 5.89. The second kappa shape index (κ2) is 11.5. The summed E-state index contributed by atoms with van der Waals surface area (Å²) in [4.78, 5) is 26.5. The van der Waals surface area contributed by atoms with Crippen LogP contribution in [0.4, 0.5) is 4.39 Å². The SMILES string of the molecule is O=C(/C=C/c1ccc(F)cc1)OCC(=O)N(CCc1ccccc1)Cc1ccccc1. The number of rotatable bonds is 9. The fourth-order valence-corrected chi connectivity index (χ4v) is 3.01. The molecule has 0 aliphatic heterocycles. The van der Waals surface area contributed by atoms with Gasteiger partial charge in [0.05, 0.1) is 0 Å². The Morgan fingerprint density at radius 1 is 0.839 bits per heavy atom. The van der Waals surface area contributed by atoms with Gasteiger partial charge in [-0.25, -0.2) is 9.18 Å². The molecule has 3 aromatic rings. The second-order valence-electron chi connectivity index (χ2n) is 7.03. The second-order valence-corrected chi connectivity index (χ2v) is 7.03. The van der Waals surface area contributed by atoms with Crippen LogP contribution in [-0.2, 0) is 27.3 Å². The molecule has 0 N–H and O–H groups in total. The van der Waals surface area contributed by atoms with E-state index in [-0.39, 0.29) is 18.3 Å². The average molecular weight is 417 g/mol. The van der Waals surface area contributed by atoms with Crippen LogP contribution in [0.3, 0.4) is 0 Å². The van der Waals surface area contributed by atoms with E-state index in [1.807, 2.05) is 60.7 Å². The summed E-state index contributed by atoms with van der Waals surface area (Å²) in [6, 6.07) is 25.3. The average Bonchev–Trinajstić information content (AvgIpc) is 2.81. The van der Waals surface area contributed by atoms with Gasteiger partial charge in [-0.1, -0.05) is 72.8 Å². The zero-order valence-electron chi connectivity index (χ0n) is 17.1. The monoisotopic (exact) mass is 417 g/mol. The van der Waals surface area contributed by atoms with E-state index >= 15 is 0 Å². The Balaban J connectivity index is 1.57. The van der Waals surface area contributed by atoms with E-state index in [0.29, 0.717) is 25.1 Å². The molecule has 0 unspecified atom stereocenters. The summed E-state index contributed by atoms with van der Waals surface area (Å²) in [6.07, 6.45) is 3.45. The third-order valence-corrected chi connectivity index (χ3v) is 4.70. The summed E-state index contributed by atoms with van der Waals surface area (Å²) in [7, 11) is 0. The van der Waals surface area contributed by atoms with Crippen LogP contribution in [-0.4, -0.2) is 29.9 Å². The fourth-order valence-electron chi connectivity index (χ4n) is 3.01. The summed E-state index contributed by atoms with van der Waals surface area (Å²) < 4.78 is 18.1. The number of esters is 1. The van der Waals surface area contributed by atoms with Crippen molar-refractivity contribution in [2.24, 2.45) is 0 Å². The van der Waals surface area contributed by atoms with Gasteiger partial charge in [-0.3, -0.25) is 4.79 Å². The number of hydrogen-bond acceptors (Lipinski definition) is 3. The van der Waals surface area contributed by atoms with Gasteiger partial charge in [0.25, 0.3) is 5.91 Å². The first-order valence-electron chi connectivity index (χ1n) is 10.1. The number of amides is 1. The Labute approximate surface area is 181 Å².